The van der Waals surface area contributed by atoms with Crippen LogP contribution in [0.2, 0.25) is 0 Å². The zero-order chi connectivity index (χ0) is 19.4. The average Bonchev–Trinajstić information content (AvgIpc) is 3.09. The Kier molecular flexibility index (Phi) is 5.71. The molecular formula is C18H18BrN3O4S. The van der Waals surface area contributed by atoms with Gasteiger partial charge in [0.05, 0.1) is 20.8 Å². The first-order chi connectivity index (χ1) is 12.9. The molecule has 1 N–H and O–H groups in total. The Hall–Kier alpha value is -2.52. The normalized spacial score (nSPS) is 11.2. The van der Waals surface area contributed by atoms with Gasteiger partial charge in [-0.05, 0) is 29.8 Å². The molecule has 0 aliphatic carbocycles. The predicted octanol–water partition coefficient (Wildman–Crippen LogP) is 3.51. The summed E-state index contributed by atoms with van der Waals surface area (Å²) in [6.45, 7) is 0.525. The SMILES string of the molecule is COc1ccc(OC)c(S(=O)(=O)Nc2ccn(Cc3ccc(Br)cc3)n2)c1. The maximum Gasteiger partial charge on any atom is 0.266 e. The number of rotatable bonds is 7. The van der Waals surface area contributed by atoms with Crippen molar-refractivity contribution in [1.82, 2.24) is 9.78 Å². The zero-order valence-electron chi connectivity index (χ0n) is 14.7. The van der Waals surface area contributed by atoms with E-state index in [0.717, 1.165) is 10.0 Å². The molecule has 0 aliphatic heterocycles. The molecule has 27 heavy (non-hydrogen) atoms. The zero-order valence-corrected chi connectivity index (χ0v) is 17.1. The highest BCUT2D eigenvalue weighted by Crippen LogP contribution is 2.29. The van der Waals surface area contributed by atoms with Crippen LogP contribution in [0.4, 0.5) is 5.82 Å². The number of anilines is 1. The Morgan fingerprint density at radius 3 is 2.48 bits per heavy atom. The minimum absolute atomic E-state index is 0.0215. The standard InChI is InChI=1S/C18H18BrN3O4S/c1-25-15-7-8-16(26-2)17(11-15)27(23,24)21-18-9-10-22(20-18)12-13-3-5-14(19)6-4-13/h3-11H,12H2,1-2H3,(H,20,21). The number of nitrogens with one attached hydrogen (secondary N) is 1. The summed E-state index contributed by atoms with van der Waals surface area (Å²) >= 11 is 3.39. The summed E-state index contributed by atoms with van der Waals surface area (Å²) in [5.41, 5.74) is 1.05. The molecule has 2 aromatic carbocycles. The summed E-state index contributed by atoms with van der Waals surface area (Å²) in [4.78, 5) is -0.0215. The van der Waals surface area contributed by atoms with E-state index in [1.54, 1.807) is 29.1 Å². The van der Waals surface area contributed by atoms with Crippen molar-refractivity contribution in [1.29, 1.82) is 0 Å². The van der Waals surface area contributed by atoms with Crippen LogP contribution in [0.5, 0.6) is 11.5 Å². The van der Waals surface area contributed by atoms with Crippen molar-refractivity contribution < 1.29 is 17.9 Å². The second-order valence-corrected chi connectivity index (χ2v) is 8.21. The van der Waals surface area contributed by atoms with Crippen molar-refractivity contribution in [3.8, 4) is 11.5 Å². The van der Waals surface area contributed by atoms with E-state index in [2.05, 4.69) is 25.8 Å². The van der Waals surface area contributed by atoms with Gasteiger partial charge in [0.25, 0.3) is 10.0 Å². The molecule has 0 unspecified atom stereocenters. The summed E-state index contributed by atoms with van der Waals surface area (Å²) in [5.74, 6) is 0.853. The highest BCUT2D eigenvalue weighted by atomic mass is 79.9. The molecule has 142 valence electrons. The van der Waals surface area contributed by atoms with Crippen LogP contribution < -0.4 is 14.2 Å². The molecule has 9 heteroatoms. The molecule has 3 rings (SSSR count). The van der Waals surface area contributed by atoms with Crippen LogP contribution in [0.25, 0.3) is 0 Å². The van der Waals surface area contributed by atoms with Gasteiger partial charge < -0.3 is 9.47 Å². The number of ether oxygens (including phenoxy) is 2. The summed E-state index contributed by atoms with van der Waals surface area (Å²) in [6, 6.07) is 14.0. The summed E-state index contributed by atoms with van der Waals surface area (Å²) in [6.07, 6.45) is 1.71. The van der Waals surface area contributed by atoms with E-state index in [1.165, 1.54) is 20.3 Å². The van der Waals surface area contributed by atoms with E-state index in [0.29, 0.717) is 12.3 Å². The first kappa shape index (κ1) is 19.2. The van der Waals surface area contributed by atoms with Gasteiger partial charge in [0, 0.05) is 22.8 Å². The highest BCUT2D eigenvalue weighted by molar-refractivity contribution is 9.10. The van der Waals surface area contributed by atoms with E-state index in [4.69, 9.17) is 9.47 Å². The number of methoxy groups -OCH3 is 2. The lowest BCUT2D eigenvalue weighted by Gasteiger charge is -2.11. The predicted molar refractivity (Wildman–Crippen MR) is 106 cm³/mol. The van der Waals surface area contributed by atoms with Crippen LogP contribution in [0.1, 0.15) is 5.56 Å². The molecule has 0 saturated carbocycles. The number of aromatic nitrogens is 2. The molecule has 0 radical (unpaired) electrons. The van der Waals surface area contributed by atoms with Crippen LogP contribution in [-0.2, 0) is 16.6 Å². The fourth-order valence-corrected chi connectivity index (χ4v) is 3.91. The summed E-state index contributed by atoms with van der Waals surface area (Å²) in [5, 5.41) is 4.28. The van der Waals surface area contributed by atoms with Gasteiger partial charge >= 0.3 is 0 Å². The molecule has 0 saturated heterocycles. The molecule has 7 nitrogen and oxygen atoms in total. The van der Waals surface area contributed by atoms with Gasteiger partial charge in [-0.2, -0.15) is 5.10 Å². The smallest absolute Gasteiger partial charge is 0.266 e. The van der Waals surface area contributed by atoms with Crippen molar-refractivity contribution in [2.45, 2.75) is 11.4 Å². The van der Waals surface area contributed by atoms with E-state index in [9.17, 15) is 8.42 Å². The molecule has 1 heterocycles. The van der Waals surface area contributed by atoms with E-state index < -0.39 is 10.0 Å². The molecule has 0 aliphatic rings. The third kappa shape index (κ3) is 4.61. The van der Waals surface area contributed by atoms with Gasteiger partial charge in [0.1, 0.15) is 16.4 Å². The van der Waals surface area contributed by atoms with Crippen LogP contribution in [0, 0.1) is 0 Å². The van der Waals surface area contributed by atoms with Crippen molar-refractivity contribution in [2.24, 2.45) is 0 Å². The Morgan fingerprint density at radius 2 is 1.81 bits per heavy atom. The van der Waals surface area contributed by atoms with Crippen molar-refractivity contribution in [3.05, 3.63) is 64.8 Å². The Morgan fingerprint density at radius 1 is 1.07 bits per heavy atom. The Balaban J connectivity index is 1.81. The van der Waals surface area contributed by atoms with Crippen LogP contribution in [-0.4, -0.2) is 32.4 Å². The molecular weight excluding hydrogens is 434 g/mol. The molecule has 0 amide bonds. The Labute approximate surface area is 166 Å². The lowest BCUT2D eigenvalue weighted by atomic mass is 10.2. The average molecular weight is 452 g/mol. The van der Waals surface area contributed by atoms with Gasteiger partial charge in [0.2, 0.25) is 0 Å². The minimum atomic E-state index is -3.89. The molecule has 0 spiro atoms. The highest BCUT2D eigenvalue weighted by Gasteiger charge is 2.21. The molecule has 0 atom stereocenters. The van der Waals surface area contributed by atoms with Gasteiger partial charge in [-0.25, -0.2) is 8.42 Å². The fourth-order valence-electron chi connectivity index (χ4n) is 2.47. The number of benzene rings is 2. The minimum Gasteiger partial charge on any atom is -0.497 e. The second-order valence-electron chi connectivity index (χ2n) is 5.65. The van der Waals surface area contributed by atoms with Crippen LogP contribution in [0.15, 0.2) is 64.1 Å². The first-order valence-electron chi connectivity index (χ1n) is 7.94. The molecule has 0 bridgehead atoms. The molecule has 3 aromatic rings. The summed E-state index contributed by atoms with van der Waals surface area (Å²) in [7, 11) is -1.01. The fraction of sp³-hybridized carbons (Fsp3) is 0.167. The topological polar surface area (TPSA) is 82.5 Å². The molecule has 1 aromatic heterocycles. The maximum absolute atomic E-state index is 12.8. The maximum atomic E-state index is 12.8. The number of sulfonamides is 1. The van der Waals surface area contributed by atoms with Crippen molar-refractivity contribution in [3.63, 3.8) is 0 Å². The van der Waals surface area contributed by atoms with E-state index in [-0.39, 0.29) is 16.5 Å². The summed E-state index contributed by atoms with van der Waals surface area (Å²) < 4.78 is 40.9. The number of hydrogen-bond acceptors (Lipinski definition) is 5. The third-order valence-corrected chi connectivity index (χ3v) is 5.70. The monoisotopic (exact) mass is 451 g/mol. The van der Waals surface area contributed by atoms with E-state index in [1.807, 2.05) is 24.3 Å². The third-order valence-electron chi connectivity index (χ3n) is 3.80. The largest absolute Gasteiger partial charge is 0.497 e. The number of nitrogens with zero attached hydrogens (tertiary/aromatic N) is 2. The number of halogens is 1. The Bertz CT molecular complexity index is 1030. The lowest BCUT2D eigenvalue weighted by molar-refractivity contribution is 0.392. The van der Waals surface area contributed by atoms with Gasteiger partial charge in [-0.3, -0.25) is 9.40 Å². The lowest BCUT2D eigenvalue weighted by Crippen LogP contribution is -2.15. The van der Waals surface area contributed by atoms with Crippen molar-refractivity contribution >= 4 is 31.8 Å². The van der Waals surface area contributed by atoms with E-state index >= 15 is 0 Å². The van der Waals surface area contributed by atoms with Gasteiger partial charge in [0.15, 0.2) is 5.82 Å². The van der Waals surface area contributed by atoms with Crippen molar-refractivity contribution in [2.75, 3.05) is 18.9 Å². The van der Waals surface area contributed by atoms with Crippen LogP contribution in [0.3, 0.4) is 0 Å². The molecule has 0 fully saturated rings. The second kappa shape index (κ2) is 8.01. The van der Waals surface area contributed by atoms with Gasteiger partial charge in [-0.1, -0.05) is 28.1 Å². The van der Waals surface area contributed by atoms with Crippen LogP contribution >= 0.6 is 15.9 Å². The first-order valence-corrected chi connectivity index (χ1v) is 10.2. The quantitative estimate of drug-likeness (QED) is 0.594. The number of hydrogen-bond donors (Lipinski definition) is 1. The van der Waals surface area contributed by atoms with Gasteiger partial charge in [-0.15, -0.1) is 0 Å².